The lowest BCUT2D eigenvalue weighted by Gasteiger charge is -2.04. The van der Waals surface area contributed by atoms with Crippen LogP contribution >= 0.6 is 11.8 Å². The lowest BCUT2D eigenvalue weighted by Crippen LogP contribution is -2.05. The molecule has 0 saturated carbocycles. The first-order valence-corrected chi connectivity index (χ1v) is 7.29. The molecule has 0 aliphatic rings. The van der Waals surface area contributed by atoms with E-state index >= 15 is 0 Å². The molecule has 1 rings (SSSR count). The molecule has 0 radical (unpaired) electrons. The minimum atomic E-state index is 0.955. The largest absolute Gasteiger partial charge is 0.316 e. The van der Waals surface area contributed by atoms with Gasteiger partial charge in [0, 0.05) is 11.4 Å². The van der Waals surface area contributed by atoms with Gasteiger partial charge in [0.05, 0.1) is 0 Å². The summed E-state index contributed by atoms with van der Waals surface area (Å²) < 4.78 is 0. The summed E-state index contributed by atoms with van der Waals surface area (Å²) >= 11 is 1.80. The van der Waals surface area contributed by atoms with Crippen LogP contribution in [-0.4, -0.2) is 13.3 Å². The maximum atomic E-state index is 3.15. The van der Waals surface area contributed by atoms with Crippen molar-refractivity contribution in [2.75, 3.05) is 13.3 Å². The summed E-state index contributed by atoms with van der Waals surface area (Å²) in [6, 6.07) is 8.46. The third-order valence-electron chi connectivity index (χ3n) is 1.56. The van der Waals surface area contributed by atoms with Crippen LogP contribution in [0.25, 0.3) is 0 Å². The fourth-order valence-electron chi connectivity index (χ4n) is 1.04. The number of rotatable bonds is 3. The second-order valence-corrected chi connectivity index (χ2v) is 3.90. The van der Waals surface area contributed by atoms with Crippen molar-refractivity contribution in [3.63, 3.8) is 0 Å². The highest BCUT2D eigenvalue weighted by Crippen LogP contribution is 2.19. The van der Waals surface area contributed by atoms with E-state index < -0.39 is 0 Å². The van der Waals surface area contributed by atoms with Gasteiger partial charge in [-0.15, -0.1) is 11.8 Å². The van der Waals surface area contributed by atoms with Gasteiger partial charge in [0.1, 0.15) is 0 Å². The summed E-state index contributed by atoms with van der Waals surface area (Å²) in [7, 11) is 1.97. The van der Waals surface area contributed by atoms with Crippen molar-refractivity contribution in [2.45, 2.75) is 45.6 Å². The van der Waals surface area contributed by atoms with Crippen LogP contribution in [0.15, 0.2) is 29.2 Å². The zero-order valence-electron chi connectivity index (χ0n) is 11.6. The third-order valence-corrected chi connectivity index (χ3v) is 2.40. The van der Waals surface area contributed by atoms with E-state index in [0.717, 1.165) is 6.54 Å². The number of benzene rings is 1. The van der Waals surface area contributed by atoms with Crippen LogP contribution in [0, 0.1) is 0 Å². The average Bonchev–Trinajstić information content (AvgIpc) is 2.34. The highest BCUT2D eigenvalue weighted by atomic mass is 32.2. The molecule has 0 amide bonds. The quantitative estimate of drug-likeness (QED) is 0.778. The summed E-state index contributed by atoms with van der Waals surface area (Å²) in [5.41, 5.74) is 1.38. The Kier molecular flexibility index (Phi) is 16.3. The Morgan fingerprint density at radius 1 is 1.12 bits per heavy atom. The van der Waals surface area contributed by atoms with E-state index in [-0.39, 0.29) is 0 Å². The van der Waals surface area contributed by atoms with E-state index in [9.17, 15) is 0 Å². The number of nitrogens with one attached hydrogen (secondary N) is 1. The first kappa shape index (κ1) is 17.9. The zero-order chi connectivity index (χ0) is 12.8. The second-order valence-electron chi connectivity index (χ2n) is 3.05. The molecular formula is C14H27NS. The van der Waals surface area contributed by atoms with Gasteiger partial charge < -0.3 is 5.32 Å². The first-order valence-electron chi connectivity index (χ1n) is 6.06. The van der Waals surface area contributed by atoms with Gasteiger partial charge in [0.25, 0.3) is 0 Å². The Morgan fingerprint density at radius 2 is 1.62 bits per heavy atom. The first-order chi connectivity index (χ1) is 7.79. The number of thioether (sulfide) groups is 1. The summed E-state index contributed by atoms with van der Waals surface area (Å²) in [4.78, 5) is 1.36. The molecule has 0 unspecified atom stereocenters. The van der Waals surface area contributed by atoms with Gasteiger partial charge >= 0.3 is 0 Å². The molecule has 0 aliphatic carbocycles. The Bertz CT molecular complexity index is 236. The van der Waals surface area contributed by atoms with Gasteiger partial charge in [-0.05, 0) is 24.9 Å². The molecular weight excluding hydrogens is 214 g/mol. The Labute approximate surface area is 106 Å². The monoisotopic (exact) mass is 241 g/mol. The Hall–Kier alpha value is -0.470. The molecule has 1 nitrogen and oxygen atoms in total. The predicted molar refractivity (Wildman–Crippen MR) is 78.3 cm³/mol. The van der Waals surface area contributed by atoms with Gasteiger partial charge in [-0.2, -0.15) is 0 Å². The maximum absolute atomic E-state index is 3.15. The van der Waals surface area contributed by atoms with Gasteiger partial charge in [0.2, 0.25) is 0 Å². The van der Waals surface area contributed by atoms with Crippen LogP contribution in [0.5, 0.6) is 0 Å². The molecule has 1 aromatic carbocycles. The molecule has 0 aromatic heterocycles. The summed E-state index contributed by atoms with van der Waals surface area (Å²) in [6.45, 7) is 9.21. The molecule has 2 heteroatoms. The second kappa shape index (κ2) is 14.5. The molecule has 0 fully saturated rings. The van der Waals surface area contributed by atoms with Crippen LogP contribution < -0.4 is 5.32 Å². The fraction of sp³-hybridized carbons (Fsp3) is 0.571. The van der Waals surface area contributed by atoms with Crippen LogP contribution in [0.4, 0.5) is 0 Å². The van der Waals surface area contributed by atoms with Gasteiger partial charge in [-0.1, -0.05) is 52.3 Å². The summed E-state index contributed by atoms with van der Waals surface area (Å²) in [5.74, 6) is 0. The normalized spacial score (nSPS) is 8.38. The van der Waals surface area contributed by atoms with Crippen molar-refractivity contribution in [3.05, 3.63) is 29.8 Å². The van der Waals surface area contributed by atoms with E-state index in [1.54, 1.807) is 11.8 Å². The molecule has 16 heavy (non-hydrogen) atoms. The Balaban J connectivity index is 0. The van der Waals surface area contributed by atoms with E-state index in [2.05, 4.69) is 49.7 Å². The van der Waals surface area contributed by atoms with Crippen molar-refractivity contribution in [1.29, 1.82) is 0 Å². The number of hydrogen-bond acceptors (Lipinski definition) is 2. The molecule has 0 spiro atoms. The van der Waals surface area contributed by atoms with Crippen molar-refractivity contribution in [2.24, 2.45) is 0 Å². The zero-order valence-corrected chi connectivity index (χ0v) is 12.4. The van der Waals surface area contributed by atoms with Crippen LogP contribution in [0.2, 0.25) is 0 Å². The van der Waals surface area contributed by atoms with Crippen LogP contribution in [-0.2, 0) is 6.54 Å². The van der Waals surface area contributed by atoms with Crippen molar-refractivity contribution in [1.82, 2.24) is 5.32 Å². The highest BCUT2D eigenvalue weighted by molar-refractivity contribution is 7.98. The Morgan fingerprint density at radius 3 is 2.06 bits per heavy atom. The average molecular weight is 241 g/mol. The fourth-order valence-corrected chi connectivity index (χ4v) is 1.66. The molecule has 0 saturated heterocycles. The van der Waals surface area contributed by atoms with Crippen LogP contribution in [0.1, 0.15) is 39.7 Å². The lowest BCUT2D eigenvalue weighted by molar-refractivity contribution is 0.803. The molecule has 0 heterocycles. The van der Waals surface area contributed by atoms with E-state index in [0.29, 0.717) is 0 Å². The summed E-state index contributed by atoms with van der Waals surface area (Å²) in [6.07, 6.45) is 3.36. The van der Waals surface area contributed by atoms with Gasteiger partial charge in [-0.3, -0.25) is 0 Å². The number of hydrogen-bond donors (Lipinski definition) is 1. The van der Waals surface area contributed by atoms with Crippen molar-refractivity contribution >= 4 is 11.8 Å². The lowest BCUT2D eigenvalue weighted by atomic mass is 10.2. The standard InChI is InChI=1S/C9H13NS.C3H8.C2H6/c1-10-7-8-5-3-4-6-9(8)11-2;1-3-2;1-2/h3-6,10H,7H2,1-2H3;3H2,1-2H3;1-2H3. The minimum absolute atomic E-state index is 0.955. The van der Waals surface area contributed by atoms with Crippen molar-refractivity contribution in [3.8, 4) is 0 Å². The SMILES string of the molecule is CC.CCC.CNCc1ccccc1SC. The smallest absolute Gasteiger partial charge is 0.0213 e. The topological polar surface area (TPSA) is 12.0 Å². The molecule has 94 valence electrons. The van der Waals surface area contributed by atoms with Gasteiger partial charge in [-0.25, -0.2) is 0 Å². The third kappa shape index (κ3) is 8.81. The molecule has 0 bridgehead atoms. The predicted octanol–water partition coefficient (Wildman–Crippen LogP) is 4.57. The van der Waals surface area contributed by atoms with Crippen molar-refractivity contribution < 1.29 is 0 Å². The van der Waals surface area contributed by atoms with E-state index in [1.807, 2.05) is 20.9 Å². The molecule has 1 aromatic rings. The molecule has 1 N–H and O–H groups in total. The molecule has 0 aliphatic heterocycles. The van der Waals surface area contributed by atoms with E-state index in [1.165, 1.54) is 16.9 Å². The summed E-state index contributed by atoms with van der Waals surface area (Å²) in [5, 5.41) is 3.15. The van der Waals surface area contributed by atoms with Crippen LogP contribution in [0.3, 0.4) is 0 Å². The minimum Gasteiger partial charge on any atom is -0.316 e. The molecule has 0 atom stereocenters. The van der Waals surface area contributed by atoms with E-state index in [4.69, 9.17) is 0 Å². The van der Waals surface area contributed by atoms with Gasteiger partial charge in [0.15, 0.2) is 0 Å². The maximum Gasteiger partial charge on any atom is 0.0213 e. The highest BCUT2D eigenvalue weighted by Gasteiger charge is 1.96.